The smallest absolute Gasteiger partial charge is 0.271 e. The maximum absolute atomic E-state index is 13.0. The number of hydrogen-bond acceptors (Lipinski definition) is 6. The Morgan fingerprint density at radius 1 is 1.19 bits per heavy atom. The highest BCUT2D eigenvalue weighted by molar-refractivity contribution is 7.12. The predicted octanol–water partition coefficient (Wildman–Crippen LogP) is 3.00. The lowest BCUT2D eigenvalue weighted by molar-refractivity contribution is 0.0987. The normalized spacial score (nSPS) is 11.2. The van der Waals surface area contributed by atoms with Crippen molar-refractivity contribution in [1.29, 1.82) is 0 Å². The van der Waals surface area contributed by atoms with Crippen LogP contribution in [0.2, 0.25) is 0 Å². The van der Waals surface area contributed by atoms with E-state index in [-0.39, 0.29) is 17.2 Å². The van der Waals surface area contributed by atoms with Crippen molar-refractivity contribution in [1.82, 2.24) is 19.6 Å². The zero-order valence-corrected chi connectivity index (χ0v) is 15.7. The molecule has 0 spiro atoms. The molecule has 7 nitrogen and oxygen atoms in total. The highest BCUT2D eigenvalue weighted by Crippen LogP contribution is 2.21. The number of aryl methyl sites for hydroxylation is 1. The summed E-state index contributed by atoms with van der Waals surface area (Å²) >= 11 is 2.93. The fraction of sp³-hybridized carbons (Fsp3) is 0.176. The lowest BCUT2D eigenvalue weighted by Gasteiger charge is -2.18. The zero-order chi connectivity index (χ0) is 18.3. The van der Waals surface area contributed by atoms with E-state index in [1.165, 1.54) is 20.8 Å². The summed E-state index contributed by atoms with van der Waals surface area (Å²) in [5, 5.41) is 6.75. The Hall–Kier alpha value is -2.78. The molecule has 0 aromatic carbocycles. The first-order valence-corrected chi connectivity index (χ1v) is 9.64. The van der Waals surface area contributed by atoms with Crippen LogP contribution in [0.1, 0.15) is 25.8 Å². The summed E-state index contributed by atoms with van der Waals surface area (Å²) < 4.78 is 1.28. The van der Waals surface area contributed by atoms with Gasteiger partial charge in [0.25, 0.3) is 17.2 Å². The van der Waals surface area contributed by atoms with Crippen molar-refractivity contribution in [2.75, 3.05) is 4.90 Å². The molecule has 4 aromatic heterocycles. The molecule has 4 heterocycles. The summed E-state index contributed by atoms with van der Waals surface area (Å²) in [6.07, 6.45) is 0. The van der Waals surface area contributed by atoms with E-state index in [1.807, 2.05) is 29.0 Å². The number of rotatable bonds is 4. The topological polar surface area (TPSA) is 83.4 Å². The van der Waals surface area contributed by atoms with Crippen molar-refractivity contribution in [2.24, 2.45) is 0 Å². The van der Waals surface area contributed by atoms with Crippen LogP contribution in [0.25, 0.3) is 5.78 Å². The monoisotopic (exact) mass is 385 g/mol. The van der Waals surface area contributed by atoms with E-state index in [0.717, 1.165) is 4.88 Å². The van der Waals surface area contributed by atoms with Gasteiger partial charge in [0.15, 0.2) is 0 Å². The van der Waals surface area contributed by atoms with Gasteiger partial charge in [-0.2, -0.15) is 9.50 Å². The van der Waals surface area contributed by atoms with Crippen LogP contribution in [0.15, 0.2) is 39.8 Å². The number of aromatic nitrogens is 4. The molecule has 0 saturated heterocycles. The average molecular weight is 385 g/mol. The third-order valence-electron chi connectivity index (χ3n) is 4.08. The fourth-order valence-corrected chi connectivity index (χ4v) is 3.91. The Labute approximate surface area is 156 Å². The summed E-state index contributed by atoms with van der Waals surface area (Å²) in [6.45, 7) is 3.85. The number of nitrogens with zero attached hydrogens (tertiary/aromatic N) is 4. The van der Waals surface area contributed by atoms with Crippen LogP contribution in [0, 0.1) is 13.8 Å². The van der Waals surface area contributed by atoms with Crippen LogP contribution in [0.5, 0.6) is 0 Å². The number of hydrogen-bond donors (Lipinski definition) is 1. The fourth-order valence-electron chi connectivity index (χ4n) is 2.55. The van der Waals surface area contributed by atoms with Crippen LogP contribution in [0.3, 0.4) is 0 Å². The van der Waals surface area contributed by atoms with Crippen molar-refractivity contribution in [2.45, 2.75) is 20.4 Å². The van der Waals surface area contributed by atoms with Gasteiger partial charge < -0.3 is 0 Å². The van der Waals surface area contributed by atoms with Gasteiger partial charge >= 0.3 is 0 Å². The molecule has 4 aromatic rings. The SMILES string of the molecule is Cc1nc2nc(N(Cc3cccs3)C(=O)c3cccs3)[nH]n2c(=O)c1C. The van der Waals surface area contributed by atoms with Gasteiger partial charge in [-0.05, 0) is 36.7 Å². The third kappa shape index (κ3) is 2.85. The van der Waals surface area contributed by atoms with Gasteiger partial charge in [0.2, 0.25) is 5.95 Å². The van der Waals surface area contributed by atoms with E-state index in [2.05, 4.69) is 15.1 Å². The summed E-state index contributed by atoms with van der Waals surface area (Å²) in [5.41, 5.74) is 0.959. The average Bonchev–Trinajstić information content (AvgIpc) is 3.38. The molecule has 0 radical (unpaired) electrons. The molecule has 0 saturated carbocycles. The minimum absolute atomic E-state index is 0.172. The van der Waals surface area contributed by atoms with Crippen molar-refractivity contribution in [3.05, 3.63) is 66.4 Å². The minimum atomic E-state index is -0.217. The number of anilines is 1. The first kappa shape index (κ1) is 16.7. The number of fused-ring (bicyclic) bond motifs is 1. The van der Waals surface area contributed by atoms with Gasteiger partial charge in [-0.15, -0.1) is 22.7 Å². The zero-order valence-electron chi connectivity index (χ0n) is 14.1. The summed E-state index contributed by atoms with van der Waals surface area (Å²) in [4.78, 5) is 37.4. The molecular weight excluding hydrogens is 370 g/mol. The van der Waals surface area contributed by atoms with Gasteiger partial charge in [0.1, 0.15) is 0 Å². The van der Waals surface area contributed by atoms with Gasteiger partial charge in [-0.3, -0.25) is 19.6 Å². The van der Waals surface area contributed by atoms with Crippen LogP contribution < -0.4 is 10.5 Å². The van der Waals surface area contributed by atoms with Crippen LogP contribution in [0.4, 0.5) is 5.95 Å². The predicted molar refractivity (Wildman–Crippen MR) is 102 cm³/mol. The van der Waals surface area contributed by atoms with E-state index >= 15 is 0 Å². The maximum Gasteiger partial charge on any atom is 0.277 e. The molecule has 132 valence electrons. The Morgan fingerprint density at radius 3 is 2.65 bits per heavy atom. The Bertz CT molecular complexity index is 1130. The van der Waals surface area contributed by atoms with Crippen molar-refractivity contribution in [3.63, 3.8) is 0 Å². The Morgan fingerprint density at radius 2 is 1.96 bits per heavy atom. The first-order chi connectivity index (χ1) is 12.5. The summed E-state index contributed by atoms with van der Waals surface area (Å²) in [6, 6.07) is 7.50. The number of nitrogens with one attached hydrogen (secondary N) is 1. The largest absolute Gasteiger partial charge is 0.277 e. The van der Waals surface area contributed by atoms with Crippen LogP contribution >= 0.6 is 22.7 Å². The number of carbonyl (C=O) groups excluding carboxylic acids is 1. The minimum Gasteiger partial charge on any atom is -0.271 e. The number of thiophene rings is 2. The van der Waals surface area contributed by atoms with E-state index in [0.29, 0.717) is 28.6 Å². The second kappa shape index (κ2) is 6.50. The second-order valence-electron chi connectivity index (χ2n) is 5.76. The second-order valence-corrected chi connectivity index (χ2v) is 7.74. The van der Waals surface area contributed by atoms with Crippen LogP contribution in [-0.2, 0) is 6.54 Å². The molecule has 0 fully saturated rings. The molecule has 4 rings (SSSR count). The van der Waals surface area contributed by atoms with Gasteiger partial charge in [-0.25, -0.2) is 4.98 Å². The van der Waals surface area contributed by atoms with Crippen molar-refractivity contribution < 1.29 is 4.79 Å². The number of carbonyl (C=O) groups is 1. The molecule has 9 heteroatoms. The maximum atomic E-state index is 13.0. The lowest BCUT2D eigenvalue weighted by Crippen LogP contribution is -2.30. The molecule has 0 atom stereocenters. The number of amides is 1. The highest BCUT2D eigenvalue weighted by Gasteiger charge is 2.23. The summed E-state index contributed by atoms with van der Waals surface area (Å²) in [7, 11) is 0. The van der Waals surface area contributed by atoms with E-state index in [4.69, 9.17) is 0 Å². The third-order valence-corrected chi connectivity index (χ3v) is 5.80. The molecule has 0 unspecified atom stereocenters. The van der Waals surface area contributed by atoms with Gasteiger partial charge in [0.05, 0.1) is 11.4 Å². The number of H-pyrrole nitrogens is 1. The van der Waals surface area contributed by atoms with E-state index in [9.17, 15) is 9.59 Å². The molecule has 0 aliphatic heterocycles. The lowest BCUT2D eigenvalue weighted by atomic mass is 10.3. The standard InChI is InChI=1S/C17H15N5O2S2/c1-10-11(2)18-16-19-17(20-22(16)14(10)23)21(9-12-5-3-7-25-12)15(24)13-6-4-8-26-13/h3-8H,9H2,1-2H3,(H,18,19,20). The number of aromatic amines is 1. The molecular formula is C17H15N5O2S2. The summed E-state index contributed by atoms with van der Waals surface area (Å²) in [5.74, 6) is 0.378. The van der Waals surface area contributed by atoms with Crippen LogP contribution in [-0.4, -0.2) is 25.5 Å². The highest BCUT2D eigenvalue weighted by atomic mass is 32.1. The molecule has 1 N–H and O–H groups in total. The van der Waals surface area contributed by atoms with Gasteiger partial charge in [-0.1, -0.05) is 12.1 Å². The Kier molecular flexibility index (Phi) is 4.17. The van der Waals surface area contributed by atoms with E-state index < -0.39 is 0 Å². The molecule has 0 bridgehead atoms. The quantitative estimate of drug-likeness (QED) is 0.585. The van der Waals surface area contributed by atoms with Crippen molar-refractivity contribution >= 4 is 40.3 Å². The first-order valence-electron chi connectivity index (χ1n) is 7.88. The molecule has 0 aliphatic carbocycles. The Balaban J connectivity index is 1.83. The molecule has 0 aliphatic rings. The van der Waals surface area contributed by atoms with Gasteiger partial charge in [0, 0.05) is 16.1 Å². The molecule has 1 amide bonds. The van der Waals surface area contributed by atoms with Crippen molar-refractivity contribution in [3.8, 4) is 0 Å². The van der Waals surface area contributed by atoms with E-state index in [1.54, 1.807) is 31.3 Å². The molecule has 26 heavy (non-hydrogen) atoms.